The van der Waals surface area contributed by atoms with Gasteiger partial charge in [0.2, 0.25) is 5.13 Å². The summed E-state index contributed by atoms with van der Waals surface area (Å²) in [7, 11) is 0. The SMILES string of the molecule is CCCCCOc1ccc(C2/C(=C(/O)c3ccc(OCC)cc3)C(=O)C(=O)N2c2nnc(SCc3ccc(Cl)cc3Cl)s2)cc1. The molecule has 4 aromatic rings. The molecule has 1 aliphatic rings. The number of nitrogens with zero attached hydrogens (tertiary/aromatic N) is 3. The monoisotopic (exact) mass is 683 g/mol. The van der Waals surface area contributed by atoms with E-state index in [-0.39, 0.29) is 16.5 Å². The van der Waals surface area contributed by atoms with E-state index in [4.69, 9.17) is 32.7 Å². The molecule has 1 fully saturated rings. The quantitative estimate of drug-likeness (QED) is 0.0373. The van der Waals surface area contributed by atoms with Gasteiger partial charge >= 0.3 is 5.91 Å². The Kier molecular flexibility index (Phi) is 11.0. The van der Waals surface area contributed by atoms with Crippen LogP contribution in [0.4, 0.5) is 5.13 Å². The van der Waals surface area contributed by atoms with Gasteiger partial charge in [0, 0.05) is 21.4 Å². The maximum Gasteiger partial charge on any atom is 0.301 e. The third-order valence-electron chi connectivity index (χ3n) is 7.06. The molecule has 3 aromatic carbocycles. The van der Waals surface area contributed by atoms with Gasteiger partial charge in [-0.15, -0.1) is 10.2 Å². The molecule has 12 heteroatoms. The zero-order valence-electron chi connectivity index (χ0n) is 24.7. The Morgan fingerprint density at radius 2 is 1.67 bits per heavy atom. The van der Waals surface area contributed by atoms with Crippen LogP contribution in [0.1, 0.15) is 55.8 Å². The number of aromatic nitrogens is 2. The Labute approximate surface area is 280 Å². The van der Waals surface area contributed by atoms with Crippen LogP contribution in [0.15, 0.2) is 76.6 Å². The minimum Gasteiger partial charge on any atom is -0.507 e. The molecule has 1 amide bonds. The molecule has 0 radical (unpaired) electrons. The van der Waals surface area contributed by atoms with Crippen molar-refractivity contribution in [3.63, 3.8) is 0 Å². The maximum atomic E-state index is 13.6. The molecule has 234 valence electrons. The van der Waals surface area contributed by atoms with Crippen molar-refractivity contribution in [2.75, 3.05) is 18.1 Å². The number of rotatable bonds is 13. The van der Waals surface area contributed by atoms with E-state index in [2.05, 4.69) is 17.1 Å². The number of hydrogen-bond acceptors (Lipinski definition) is 9. The molecule has 1 unspecified atom stereocenters. The molecular formula is C33H31Cl2N3O5S2. The lowest BCUT2D eigenvalue weighted by atomic mass is 9.95. The third kappa shape index (κ3) is 7.64. The number of aliphatic hydroxyl groups excluding tert-OH is 1. The number of aliphatic hydroxyl groups is 1. The van der Waals surface area contributed by atoms with Gasteiger partial charge in [0.1, 0.15) is 17.3 Å². The molecule has 5 rings (SSSR count). The lowest BCUT2D eigenvalue weighted by molar-refractivity contribution is -0.132. The minimum absolute atomic E-state index is 0.0434. The van der Waals surface area contributed by atoms with Crippen LogP contribution in [0.2, 0.25) is 10.0 Å². The number of amides is 1. The third-order valence-corrected chi connectivity index (χ3v) is 9.76. The van der Waals surface area contributed by atoms with Crippen molar-refractivity contribution < 1.29 is 24.2 Å². The average molecular weight is 685 g/mol. The van der Waals surface area contributed by atoms with E-state index in [1.165, 1.54) is 28.0 Å². The first kappa shape index (κ1) is 32.8. The molecule has 2 heterocycles. The molecule has 0 bridgehead atoms. The van der Waals surface area contributed by atoms with Crippen LogP contribution in [0.5, 0.6) is 11.5 Å². The Morgan fingerprint density at radius 1 is 0.956 bits per heavy atom. The summed E-state index contributed by atoms with van der Waals surface area (Å²) < 4.78 is 12.0. The molecule has 1 atom stereocenters. The van der Waals surface area contributed by atoms with Crippen molar-refractivity contribution in [1.82, 2.24) is 10.2 Å². The van der Waals surface area contributed by atoms with Gasteiger partial charge in [0.25, 0.3) is 5.78 Å². The lowest BCUT2D eigenvalue weighted by Gasteiger charge is -2.22. The Bertz CT molecular complexity index is 1690. The Morgan fingerprint density at radius 3 is 2.36 bits per heavy atom. The molecule has 1 saturated heterocycles. The number of anilines is 1. The number of Topliss-reactive ketones (excluding diaryl/α,β-unsaturated/α-hetero) is 1. The molecule has 45 heavy (non-hydrogen) atoms. The Balaban J connectivity index is 1.48. The standard InChI is InChI=1S/C33H31Cl2N3O5S2/c1-3-5-6-17-43-25-13-8-20(9-14-25)28-27(29(39)21-10-15-24(16-11-21)42-4-2)30(40)31(41)38(28)32-36-37-33(45-32)44-19-22-7-12-23(34)18-26(22)35/h7-16,18,28,39H,3-6,17,19H2,1-2H3/b29-27-. The van der Waals surface area contributed by atoms with Gasteiger partial charge in [-0.3, -0.25) is 14.5 Å². The zero-order valence-corrected chi connectivity index (χ0v) is 27.8. The van der Waals surface area contributed by atoms with Crippen molar-refractivity contribution in [3.05, 3.63) is 99.0 Å². The normalized spacial score (nSPS) is 15.9. The van der Waals surface area contributed by atoms with Crippen molar-refractivity contribution in [2.45, 2.75) is 49.2 Å². The highest BCUT2D eigenvalue weighted by molar-refractivity contribution is 8.00. The fraction of sp³-hybridized carbons (Fsp3) is 0.273. The number of hydrogen-bond donors (Lipinski definition) is 1. The first-order valence-electron chi connectivity index (χ1n) is 14.5. The zero-order chi connectivity index (χ0) is 31.9. The van der Waals surface area contributed by atoms with Crippen LogP contribution < -0.4 is 14.4 Å². The summed E-state index contributed by atoms with van der Waals surface area (Å²) in [6, 6.07) is 18.2. The predicted molar refractivity (Wildman–Crippen MR) is 180 cm³/mol. The summed E-state index contributed by atoms with van der Waals surface area (Å²) in [5.41, 5.74) is 1.82. The first-order valence-corrected chi connectivity index (χ1v) is 17.0. The van der Waals surface area contributed by atoms with Gasteiger partial charge in [-0.25, -0.2) is 0 Å². The van der Waals surface area contributed by atoms with E-state index in [9.17, 15) is 14.7 Å². The van der Waals surface area contributed by atoms with Gasteiger partial charge in [-0.1, -0.05) is 84.3 Å². The first-order chi connectivity index (χ1) is 21.8. The highest BCUT2D eigenvalue weighted by Crippen LogP contribution is 2.44. The topological polar surface area (TPSA) is 102 Å². The van der Waals surface area contributed by atoms with Crippen LogP contribution >= 0.6 is 46.3 Å². The summed E-state index contributed by atoms with van der Waals surface area (Å²) in [6.07, 6.45) is 3.12. The van der Waals surface area contributed by atoms with Gasteiger partial charge in [-0.2, -0.15) is 0 Å². The summed E-state index contributed by atoms with van der Waals surface area (Å²) in [5.74, 6) is -0.109. The molecule has 1 aliphatic heterocycles. The van der Waals surface area contributed by atoms with Gasteiger partial charge < -0.3 is 14.6 Å². The molecule has 0 aliphatic carbocycles. The van der Waals surface area contributed by atoms with E-state index < -0.39 is 17.7 Å². The number of unbranched alkanes of at least 4 members (excludes halogenated alkanes) is 2. The molecular weight excluding hydrogens is 653 g/mol. The summed E-state index contributed by atoms with van der Waals surface area (Å²) in [6.45, 7) is 5.09. The maximum absolute atomic E-state index is 13.6. The number of ether oxygens (including phenoxy) is 2. The number of benzene rings is 3. The second kappa shape index (κ2) is 15.1. The number of halogens is 2. The van der Waals surface area contributed by atoms with Gasteiger partial charge in [0.15, 0.2) is 4.34 Å². The lowest BCUT2D eigenvalue weighted by Crippen LogP contribution is -2.29. The highest BCUT2D eigenvalue weighted by Gasteiger charge is 2.48. The van der Waals surface area contributed by atoms with Gasteiger partial charge in [-0.05, 0) is 73.0 Å². The molecule has 1 N–H and O–H groups in total. The van der Waals surface area contributed by atoms with Crippen molar-refractivity contribution >= 4 is 68.9 Å². The van der Waals surface area contributed by atoms with Gasteiger partial charge in [0.05, 0.1) is 24.8 Å². The molecule has 0 spiro atoms. The number of thioether (sulfide) groups is 1. The second-order valence-electron chi connectivity index (χ2n) is 10.1. The van der Waals surface area contributed by atoms with Crippen molar-refractivity contribution in [3.8, 4) is 11.5 Å². The highest BCUT2D eigenvalue weighted by atomic mass is 35.5. The summed E-state index contributed by atoms with van der Waals surface area (Å²) in [4.78, 5) is 28.5. The van der Waals surface area contributed by atoms with Crippen molar-refractivity contribution in [2.24, 2.45) is 0 Å². The molecule has 8 nitrogen and oxygen atoms in total. The van der Waals surface area contributed by atoms with E-state index in [1.54, 1.807) is 60.7 Å². The number of carbonyl (C=O) groups is 2. The molecule has 1 aromatic heterocycles. The van der Waals surface area contributed by atoms with E-state index >= 15 is 0 Å². The van der Waals surface area contributed by atoms with Crippen LogP contribution in [-0.4, -0.2) is 40.2 Å². The summed E-state index contributed by atoms with van der Waals surface area (Å²) >= 11 is 14.9. The van der Waals surface area contributed by atoms with Crippen LogP contribution in [0.25, 0.3) is 5.76 Å². The largest absolute Gasteiger partial charge is 0.507 e. The second-order valence-corrected chi connectivity index (χ2v) is 13.1. The smallest absolute Gasteiger partial charge is 0.301 e. The fourth-order valence-corrected chi connectivity index (χ4v) is 7.23. The predicted octanol–water partition coefficient (Wildman–Crippen LogP) is 8.73. The van der Waals surface area contributed by atoms with Crippen LogP contribution in [-0.2, 0) is 15.3 Å². The molecule has 0 saturated carbocycles. The van der Waals surface area contributed by atoms with Crippen LogP contribution in [0, 0.1) is 0 Å². The average Bonchev–Trinajstić information content (AvgIpc) is 3.61. The van der Waals surface area contributed by atoms with Crippen LogP contribution in [0.3, 0.4) is 0 Å². The fourth-order valence-electron chi connectivity index (χ4n) is 4.80. The van der Waals surface area contributed by atoms with E-state index in [1.807, 2.05) is 13.0 Å². The van der Waals surface area contributed by atoms with Crippen molar-refractivity contribution in [1.29, 1.82) is 0 Å². The Hall–Kier alpha value is -3.57. The summed E-state index contributed by atoms with van der Waals surface area (Å²) in [5, 5.41) is 21.3. The minimum atomic E-state index is -0.942. The number of ketones is 1. The van der Waals surface area contributed by atoms with E-state index in [0.717, 1.165) is 24.8 Å². The number of carbonyl (C=O) groups excluding carboxylic acids is 2. The van der Waals surface area contributed by atoms with E-state index in [0.29, 0.717) is 56.0 Å².